The molecule has 4 rings (SSSR count). The minimum absolute atomic E-state index is 0.102. The fourth-order valence-corrected chi connectivity index (χ4v) is 4.00. The molecule has 0 radical (unpaired) electrons. The van der Waals surface area contributed by atoms with E-state index in [9.17, 15) is 4.79 Å². The van der Waals surface area contributed by atoms with Crippen molar-refractivity contribution in [2.24, 2.45) is 5.92 Å². The summed E-state index contributed by atoms with van der Waals surface area (Å²) >= 11 is 0. The molecule has 2 fully saturated rings. The molecule has 0 bridgehead atoms. The Morgan fingerprint density at radius 1 is 1.21 bits per heavy atom. The summed E-state index contributed by atoms with van der Waals surface area (Å²) in [4.78, 5) is 19.0. The minimum atomic E-state index is 0.102. The zero-order chi connectivity index (χ0) is 19.3. The molecule has 28 heavy (non-hydrogen) atoms. The predicted octanol–water partition coefficient (Wildman–Crippen LogP) is 3.08. The van der Waals surface area contributed by atoms with Crippen molar-refractivity contribution in [2.75, 3.05) is 19.6 Å². The van der Waals surface area contributed by atoms with Crippen molar-refractivity contribution >= 4 is 5.91 Å². The number of likely N-dealkylation sites (N-methyl/N-ethyl adjacent to an activating group) is 1. The number of carbonyl (C=O) groups excluding carboxylic acids is 1. The number of carbonyl (C=O) groups is 1. The highest BCUT2D eigenvalue weighted by atomic mass is 16.5. The number of benzene rings is 1. The summed E-state index contributed by atoms with van der Waals surface area (Å²) in [5.41, 5.74) is 2.41. The van der Waals surface area contributed by atoms with Gasteiger partial charge in [-0.2, -0.15) is 4.98 Å². The smallest absolute Gasteiger partial charge is 0.229 e. The van der Waals surface area contributed by atoms with Crippen LogP contribution in [0.25, 0.3) is 0 Å². The molecule has 2 aliphatic rings. The van der Waals surface area contributed by atoms with E-state index >= 15 is 0 Å². The Bertz CT molecular complexity index is 776. The first-order valence-electron chi connectivity index (χ1n) is 10.6. The third-order valence-electron chi connectivity index (χ3n) is 6.07. The van der Waals surface area contributed by atoms with E-state index in [2.05, 4.69) is 39.7 Å². The monoisotopic (exact) mass is 382 g/mol. The lowest BCUT2D eigenvalue weighted by molar-refractivity contribution is -0.131. The Labute approximate surface area is 166 Å². The lowest BCUT2D eigenvalue weighted by Crippen LogP contribution is -2.32. The highest BCUT2D eigenvalue weighted by molar-refractivity contribution is 5.78. The maximum absolute atomic E-state index is 12.8. The SMILES string of the molecule is CCN(Cc1noc(C2CCC2)n1)C(=O)Cc1ccc(CC2CCNC2)cc1. The summed E-state index contributed by atoms with van der Waals surface area (Å²) in [6.07, 6.45) is 6.27. The third-order valence-corrected chi connectivity index (χ3v) is 6.07. The van der Waals surface area contributed by atoms with Crippen LogP contribution in [0.3, 0.4) is 0 Å². The van der Waals surface area contributed by atoms with Gasteiger partial charge in [0.2, 0.25) is 11.8 Å². The average Bonchev–Trinajstić information content (AvgIpc) is 3.32. The molecule has 1 saturated heterocycles. The van der Waals surface area contributed by atoms with Crippen LogP contribution in [-0.4, -0.2) is 40.6 Å². The molecule has 2 heterocycles. The van der Waals surface area contributed by atoms with Gasteiger partial charge in [0, 0.05) is 12.5 Å². The number of nitrogens with one attached hydrogen (secondary N) is 1. The molecule has 1 amide bonds. The van der Waals surface area contributed by atoms with Crippen LogP contribution in [0.15, 0.2) is 28.8 Å². The molecule has 1 aliphatic heterocycles. The zero-order valence-electron chi connectivity index (χ0n) is 16.7. The van der Waals surface area contributed by atoms with Gasteiger partial charge in [0.25, 0.3) is 0 Å². The number of aromatic nitrogens is 2. The van der Waals surface area contributed by atoms with Gasteiger partial charge in [-0.1, -0.05) is 35.8 Å². The first-order valence-corrected chi connectivity index (χ1v) is 10.6. The number of hydrogen-bond acceptors (Lipinski definition) is 5. The van der Waals surface area contributed by atoms with Crippen LogP contribution in [0.5, 0.6) is 0 Å². The van der Waals surface area contributed by atoms with Gasteiger partial charge in [-0.15, -0.1) is 0 Å². The Morgan fingerprint density at radius 2 is 2.00 bits per heavy atom. The van der Waals surface area contributed by atoms with Crippen molar-refractivity contribution in [3.05, 3.63) is 47.1 Å². The standard InChI is InChI=1S/C22H30N4O2/c1-2-26(15-20-24-22(28-25-20)19-4-3-5-19)21(27)13-17-8-6-16(7-9-17)12-18-10-11-23-14-18/h6-9,18-19,23H,2-5,10-15H2,1H3. The lowest BCUT2D eigenvalue weighted by atomic mass is 9.85. The molecule has 6 nitrogen and oxygen atoms in total. The van der Waals surface area contributed by atoms with E-state index in [1.165, 1.54) is 18.4 Å². The molecule has 1 unspecified atom stereocenters. The molecule has 150 valence electrons. The first-order chi connectivity index (χ1) is 13.7. The zero-order valence-corrected chi connectivity index (χ0v) is 16.7. The second kappa shape index (κ2) is 8.86. The van der Waals surface area contributed by atoms with Crippen LogP contribution < -0.4 is 5.32 Å². The van der Waals surface area contributed by atoms with Crippen LogP contribution in [-0.2, 0) is 24.2 Å². The number of nitrogens with zero attached hydrogens (tertiary/aromatic N) is 3. The summed E-state index contributed by atoms with van der Waals surface area (Å²) < 4.78 is 5.38. The van der Waals surface area contributed by atoms with Crippen molar-refractivity contribution in [3.8, 4) is 0 Å². The van der Waals surface area contributed by atoms with Crippen LogP contribution in [0.1, 0.15) is 61.4 Å². The van der Waals surface area contributed by atoms with Crippen molar-refractivity contribution < 1.29 is 9.32 Å². The Hall–Kier alpha value is -2.21. The Morgan fingerprint density at radius 3 is 2.64 bits per heavy atom. The second-order valence-corrected chi connectivity index (χ2v) is 8.14. The molecular formula is C22H30N4O2. The molecule has 1 aliphatic carbocycles. The quantitative estimate of drug-likeness (QED) is 0.760. The van der Waals surface area contributed by atoms with E-state index in [-0.39, 0.29) is 5.91 Å². The first kappa shape index (κ1) is 19.1. The van der Waals surface area contributed by atoms with Crippen LogP contribution in [0.2, 0.25) is 0 Å². The van der Waals surface area contributed by atoms with Gasteiger partial charge in [-0.05, 0) is 62.7 Å². The maximum atomic E-state index is 12.8. The number of rotatable bonds is 8. The van der Waals surface area contributed by atoms with Gasteiger partial charge < -0.3 is 14.7 Å². The highest BCUT2D eigenvalue weighted by Gasteiger charge is 2.26. The fraction of sp³-hybridized carbons (Fsp3) is 0.591. The van der Waals surface area contributed by atoms with Gasteiger partial charge in [0.1, 0.15) is 0 Å². The van der Waals surface area contributed by atoms with Crippen molar-refractivity contribution in [2.45, 2.75) is 57.9 Å². The molecular weight excluding hydrogens is 352 g/mol. The van der Waals surface area contributed by atoms with Crippen LogP contribution in [0.4, 0.5) is 0 Å². The molecule has 1 aromatic carbocycles. The molecule has 6 heteroatoms. The molecule has 0 spiro atoms. The van der Waals surface area contributed by atoms with E-state index in [1.807, 2.05) is 6.92 Å². The molecule has 1 aromatic heterocycles. The van der Waals surface area contributed by atoms with Crippen molar-refractivity contribution in [3.63, 3.8) is 0 Å². The van der Waals surface area contributed by atoms with E-state index in [0.29, 0.717) is 31.3 Å². The van der Waals surface area contributed by atoms with E-state index < -0.39 is 0 Å². The summed E-state index contributed by atoms with van der Waals surface area (Å²) in [7, 11) is 0. The summed E-state index contributed by atoms with van der Waals surface area (Å²) in [5, 5.41) is 7.49. The highest BCUT2D eigenvalue weighted by Crippen LogP contribution is 2.35. The normalized spacial score (nSPS) is 19.5. The molecule has 2 aromatic rings. The fourth-order valence-electron chi connectivity index (χ4n) is 4.00. The minimum Gasteiger partial charge on any atom is -0.339 e. The molecule has 1 saturated carbocycles. The van der Waals surface area contributed by atoms with E-state index in [4.69, 9.17) is 4.52 Å². The van der Waals surface area contributed by atoms with Gasteiger partial charge >= 0.3 is 0 Å². The van der Waals surface area contributed by atoms with Gasteiger partial charge in [0.15, 0.2) is 5.82 Å². The van der Waals surface area contributed by atoms with Crippen molar-refractivity contribution in [1.29, 1.82) is 0 Å². The van der Waals surface area contributed by atoms with E-state index in [1.54, 1.807) is 4.90 Å². The van der Waals surface area contributed by atoms with Gasteiger partial charge in [-0.25, -0.2) is 0 Å². The maximum Gasteiger partial charge on any atom is 0.229 e. The molecule has 1 N–H and O–H groups in total. The predicted molar refractivity (Wildman–Crippen MR) is 107 cm³/mol. The lowest BCUT2D eigenvalue weighted by Gasteiger charge is -2.21. The largest absolute Gasteiger partial charge is 0.339 e. The summed E-state index contributed by atoms with van der Waals surface area (Å²) in [6, 6.07) is 8.52. The topological polar surface area (TPSA) is 71.3 Å². The van der Waals surface area contributed by atoms with Crippen LogP contribution in [0, 0.1) is 5.92 Å². The summed E-state index contributed by atoms with van der Waals surface area (Å²) in [6.45, 7) is 5.29. The third kappa shape index (κ3) is 4.61. The second-order valence-electron chi connectivity index (χ2n) is 8.14. The molecule has 1 atom stereocenters. The Kier molecular flexibility index (Phi) is 6.05. The van der Waals surface area contributed by atoms with E-state index in [0.717, 1.165) is 49.7 Å². The number of hydrogen-bond donors (Lipinski definition) is 1. The summed E-state index contributed by atoms with van der Waals surface area (Å²) in [5.74, 6) is 2.61. The van der Waals surface area contributed by atoms with Crippen molar-refractivity contribution in [1.82, 2.24) is 20.4 Å². The van der Waals surface area contributed by atoms with Crippen LogP contribution >= 0.6 is 0 Å². The average molecular weight is 383 g/mol. The Balaban J connectivity index is 1.31. The number of amides is 1. The van der Waals surface area contributed by atoms with Gasteiger partial charge in [0.05, 0.1) is 13.0 Å². The van der Waals surface area contributed by atoms with Gasteiger partial charge in [-0.3, -0.25) is 4.79 Å².